The van der Waals surface area contributed by atoms with Crippen LogP contribution in [0.5, 0.6) is 0 Å². The molecule has 0 amide bonds. The minimum atomic E-state index is -0.148. The monoisotopic (exact) mass is 277 g/mol. The second kappa shape index (κ2) is 9.70. The maximum absolute atomic E-state index is 9.60. The van der Waals surface area contributed by atoms with Gasteiger partial charge in [0.2, 0.25) is 0 Å². The molecule has 3 nitrogen and oxygen atoms in total. The lowest BCUT2D eigenvalue weighted by Crippen LogP contribution is -2.31. The smallest absolute Gasteiger partial charge is 0.0971 e. The first kappa shape index (κ1) is 16.9. The van der Waals surface area contributed by atoms with Crippen molar-refractivity contribution in [3.63, 3.8) is 0 Å². The first-order valence-electron chi connectivity index (χ1n) is 7.40. The number of nitrogens with zero attached hydrogens (tertiary/aromatic N) is 1. The third-order valence-electron chi connectivity index (χ3n) is 3.45. The molecule has 1 N–H and O–H groups in total. The summed E-state index contributed by atoms with van der Waals surface area (Å²) in [5, 5.41) is 11.3. The van der Waals surface area contributed by atoms with Crippen LogP contribution in [0.3, 0.4) is 0 Å². The van der Waals surface area contributed by atoms with Crippen LogP contribution in [0.2, 0.25) is 0 Å². The van der Waals surface area contributed by atoms with Gasteiger partial charge in [-0.2, -0.15) is 5.06 Å². The van der Waals surface area contributed by atoms with Crippen LogP contribution in [0.25, 0.3) is 0 Å². The second-order valence-corrected chi connectivity index (χ2v) is 5.03. The van der Waals surface area contributed by atoms with Crippen LogP contribution in [0.15, 0.2) is 43.0 Å². The topological polar surface area (TPSA) is 32.7 Å². The molecule has 3 heteroatoms. The van der Waals surface area contributed by atoms with E-state index in [0.29, 0.717) is 0 Å². The maximum atomic E-state index is 9.60. The minimum Gasteiger partial charge on any atom is -0.394 e. The van der Waals surface area contributed by atoms with Crippen LogP contribution in [0.4, 0.5) is 0 Å². The van der Waals surface area contributed by atoms with Crippen molar-refractivity contribution in [3.8, 4) is 0 Å². The summed E-state index contributed by atoms with van der Waals surface area (Å²) in [5.74, 6) is 0. The zero-order chi connectivity index (χ0) is 14.8. The average Bonchev–Trinajstić information content (AvgIpc) is 2.48. The number of hydroxylamine groups is 2. The molecule has 0 aliphatic heterocycles. The molecule has 1 aromatic carbocycles. The van der Waals surface area contributed by atoms with Crippen LogP contribution in [-0.4, -0.2) is 29.9 Å². The van der Waals surface area contributed by atoms with Crippen LogP contribution < -0.4 is 0 Å². The molecule has 0 aromatic heterocycles. The number of hydrogen-bond donors (Lipinski definition) is 1. The summed E-state index contributed by atoms with van der Waals surface area (Å²) < 4.78 is 0. The van der Waals surface area contributed by atoms with Gasteiger partial charge in [0.1, 0.15) is 0 Å². The van der Waals surface area contributed by atoms with Crippen molar-refractivity contribution in [1.29, 1.82) is 0 Å². The van der Waals surface area contributed by atoms with Crippen LogP contribution in [0.1, 0.15) is 44.2 Å². The van der Waals surface area contributed by atoms with Crippen molar-refractivity contribution >= 4 is 0 Å². The van der Waals surface area contributed by atoms with Gasteiger partial charge >= 0.3 is 0 Å². The zero-order valence-corrected chi connectivity index (χ0v) is 12.7. The van der Waals surface area contributed by atoms with Gasteiger partial charge in [0.25, 0.3) is 0 Å². The molecule has 0 heterocycles. The molecule has 0 aliphatic rings. The fourth-order valence-electron chi connectivity index (χ4n) is 2.20. The van der Waals surface area contributed by atoms with Crippen molar-refractivity contribution in [2.45, 2.75) is 44.8 Å². The van der Waals surface area contributed by atoms with E-state index in [1.165, 1.54) is 12.8 Å². The molecule has 0 radical (unpaired) electrons. The van der Waals surface area contributed by atoms with Crippen molar-refractivity contribution in [2.75, 3.05) is 13.7 Å². The van der Waals surface area contributed by atoms with Crippen LogP contribution in [-0.2, 0) is 4.84 Å². The van der Waals surface area contributed by atoms with E-state index in [4.69, 9.17) is 4.84 Å². The number of unbranched alkanes of at least 4 members (excludes halogenated alkanes) is 2. The summed E-state index contributed by atoms with van der Waals surface area (Å²) >= 11 is 0. The van der Waals surface area contributed by atoms with E-state index in [1.54, 1.807) is 5.06 Å². The Balaban J connectivity index is 2.57. The Morgan fingerprint density at radius 2 is 2.00 bits per heavy atom. The molecule has 0 aliphatic carbocycles. The Kier molecular flexibility index (Phi) is 8.19. The molecular weight excluding hydrogens is 250 g/mol. The average molecular weight is 277 g/mol. The molecule has 2 atom stereocenters. The van der Waals surface area contributed by atoms with Gasteiger partial charge in [-0.25, -0.2) is 0 Å². The molecule has 0 spiro atoms. The van der Waals surface area contributed by atoms with E-state index in [9.17, 15) is 5.11 Å². The van der Waals surface area contributed by atoms with E-state index < -0.39 is 0 Å². The number of benzene rings is 1. The van der Waals surface area contributed by atoms with Crippen LogP contribution in [0, 0.1) is 0 Å². The highest BCUT2D eigenvalue weighted by Gasteiger charge is 2.19. The van der Waals surface area contributed by atoms with Crippen molar-refractivity contribution in [2.24, 2.45) is 0 Å². The normalized spacial score (nSPS) is 14.2. The van der Waals surface area contributed by atoms with E-state index >= 15 is 0 Å². The van der Waals surface area contributed by atoms with Crippen molar-refractivity contribution in [1.82, 2.24) is 5.06 Å². The first-order chi connectivity index (χ1) is 9.72. The standard InChI is InChI=1S/C17H27NO2/c1-4-6-8-13-16(5-2)20-18(3)17(14-19)15-11-9-7-10-12-15/h5,7,9-12,16-17,19H,2,4,6,8,13-14H2,1,3H3/t16?,17-/m0/s1. The summed E-state index contributed by atoms with van der Waals surface area (Å²) in [4.78, 5) is 5.91. The predicted octanol–water partition coefficient (Wildman–Crippen LogP) is 3.72. The zero-order valence-electron chi connectivity index (χ0n) is 12.7. The minimum absolute atomic E-state index is 0.00399. The number of rotatable bonds is 10. The third kappa shape index (κ3) is 5.45. The largest absolute Gasteiger partial charge is 0.394 e. The van der Waals surface area contributed by atoms with Gasteiger partial charge < -0.3 is 5.11 Å². The van der Waals surface area contributed by atoms with E-state index in [1.807, 2.05) is 43.5 Å². The molecule has 1 aromatic rings. The first-order valence-corrected chi connectivity index (χ1v) is 7.40. The number of likely N-dealkylation sites (N-methyl/N-ethyl adjacent to an activating group) is 1. The molecule has 20 heavy (non-hydrogen) atoms. The quantitative estimate of drug-likeness (QED) is 0.402. The lowest BCUT2D eigenvalue weighted by molar-refractivity contribution is -0.201. The van der Waals surface area contributed by atoms with Crippen molar-refractivity contribution in [3.05, 3.63) is 48.6 Å². The van der Waals surface area contributed by atoms with Crippen molar-refractivity contribution < 1.29 is 9.94 Å². The molecule has 1 rings (SSSR count). The van der Waals surface area contributed by atoms with E-state index in [0.717, 1.165) is 18.4 Å². The predicted molar refractivity (Wildman–Crippen MR) is 83.2 cm³/mol. The molecular formula is C17H27NO2. The van der Waals surface area contributed by atoms with Crippen LogP contribution >= 0.6 is 0 Å². The molecule has 0 saturated heterocycles. The summed E-state index contributed by atoms with van der Waals surface area (Å²) in [6, 6.07) is 9.76. The Morgan fingerprint density at radius 3 is 2.55 bits per heavy atom. The fraction of sp³-hybridized carbons (Fsp3) is 0.529. The second-order valence-electron chi connectivity index (χ2n) is 5.03. The van der Waals surface area contributed by atoms with Gasteiger partial charge in [-0.3, -0.25) is 4.84 Å². The van der Waals surface area contributed by atoms with Gasteiger partial charge in [-0.1, -0.05) is 62.6 Å². The van der Waals surface area contributed by atoms with Gasteiger partial charge in [-0.15, -0.1) is 6.58 Å². The van der Waals surface area contributed by atoms with Gasteiger partial charge in [0.05, 0.1) is 18.8 Å². The Morgan fingerprint density at radius 1 is 1.30 bits per heavy atom. The fourth-order valence-corrected chi connectivity index (χ4v) is 2.20. The lowest BCUT2D eigenvalue weighted by atomic mass is 10.1. The molecule has 0 fully saturated rings. The van der Waals surface area contributed by atoms with Gasteiger partial charge in [-0.05, 0) is 12.0 Å². The van der Waals surface area contributed by atoms with Gasteiger partial charge in [0.15, 0.2) is 0 Å². The summed E-state index contributed by atoms with van der Waals surface area (Å²) in [7, 11) is 1.87. The number of aliphatic hydroxyl groups is 1. The molecule has 0 bridgehead atoms. The Labute approximate surface area is 122 Å². The van der Waals surface area contributed by atoms with Gasteiger partial charge in [0, 0.05) is 7.05 Å². The molecule has 1 unspecified atom stereocenters. The lowest BCUT2D eigenvalue weighted by Gasteiger charge is -2.29. The summed E-state index contributed by atoms with van der Waals surface area (Å²) in [6.07, 6.45) is 6.35. The Bertz CT molecular complexity index is 367. The summed E-state index contributed by atoms with van der Waals surface area (Å²) in [5.41, 5.74) is 1.05. The number of hydrogen-bond acceptors (Lipinski definition) is 3. The third-order valence-corrected chi connectivity index (χ3v) is 3.45. The molecule has 0 saturated carbocycles. The highest BCUT2D eigenvalue weighted by atomic mass is 16.7. The summed E-state index contributed by atoms with van der Waals surface area (Å²) in [6.45, 7) is 6.05. The van der Waals surface area contributed by atoms with E-state index in [-0.39, 0.29) is 18.8 Å². The molecule has 112 valence electrons. The SMILES string of the molecule is C=CC(CCCCC)ON(C)[C@@H](CO)c1ccccc1. The maximum Gasteiger partial charge on any atom is 0.0971 e. The highest BCUT2D eigenvalue weighted by Crippen LogP contribution is 2.21. The highest BCUT2D eigenvalue weighted by molar-refractivity contribution is 5.18. The number of aliphatic hydroxyl groups excluding tert-OH is 1. The Hall–Kier alpha value is -1.16. The van der Waals surface area contributed by atoms with E-state index in [2.05, 4.69) is 13.5 Å².